The first kappa shape index (κ1) is 21.4. The Morgan fingerprint density at radius 2 is 1.78 bits per heavy atom. The number of thioether (sulfide) groups is 1. The van der Waals surface area contributed by atoms with E-state index in [-0.39, 0.29) is 11.1 Å². The Balaban J connectivity index is 1.95. The topological polar surface area (TPSA) is 55.8 Å². The van der Waals surface area contributed by atoms with Crippen LogP contribution in [0, 0.1) is 0 Å². The highest BCUT2D eigenvalue weighted by molar-refractivity contribution is 8.18. The SMILES string of the molecule is CCCCCCCCOc1ccc(C=C2SC(=O)N(CC)C2=O)cc1OC. The van der Waals surface area contributed by atoms with Crippen molar-refractivity contribution in [1.29, 1.82) is 0 Å². The van der Waals surface area contributed by atoms with Crippen molar-refractivity contribution in [2.45, 2.75) is 52.4 Å². The number of hydrogen-bond acceptors (Lipinski definition) is 5. The van der Waals surface area contributed by atoms with Crippen LogP contribution in [0.5, 0.6) is 11.5 Å². The Morgan fingerprint density at radius 3 is 2.44 bits per heavy atom. The number of likely N-dealkylation sites (N-methyl/N-ethyl adjacent to an activating group) is 1. The molecule has 148 valence electrons. The van der Waals surface area contributed by atoms with Gasteiger partial charge >= 0.3 is 0 Å². The molecular weight excluding hydrogens is 362 g/mol. The average molecular weight is 392 g/mol. The normalized spacial score (nSPS) is 15.7. The van der Waals surface area contributed by atoms with Crippen LogP contribution in [-0.2, 0) is 4.79 Å². The second-order valence-electron chi connectivity index (χ2n) is 6.45. The van der Waals surface area contributed by atoms with E-state index in [0.29, 0.717) is 29.6 Å². The molecule has 1 aliphatic heterocycles. The van der Waals surface area contributed by atoms with Crippen LogP contribution >= 0.6 is 11.8 Å². The number of carbonyl (C=O) groups excluding carboxylic acids is 2. The fourth-order valence-electron chi connectivity index (χ4n) is 2.88. The molecule has 1 aromatic carbocycles. The van der Waals surface area contributed by atoms with Gasteiger partial charge in [0.05, 0.1) is 18.6 Å². The highest BCUT2D eigenvalue weighted by atomic mass is 32.2. The van der Waals surface area contributed by atoms with Gasteiger partial charge in [-0.05, 0) is 48.9 Å². The lowest BCUT2D eigenvalue weighted by atomic mass is 10.1. The molecule has 1 aliphatic rings. The summed E-state index contributed by atoms with van der Waals surface area (Å²) >= 11 is 0.970. The van der Waals surface area contributed by atoms with Crippen LogP contribution < -0.4 is 9.47 Å². The van der Waals surface area contributed by atoms with E-state index >= 15 is 0 Å². The molecule has 1 heterocycles. The van der Waals surface area contributed by atoms with Crippen LogP contribution in [0.4, 0.5) is 4.79 Å². The fourth-order valence-corrected chi connectivity index (χ4v) is 3.78. The molecular formula is C21H29NO4S. The fraction of sp³-hybridized carbons (Fsp3) is 0.524. The smallest absolute Gasteiger partial charge is 0.293 e. The number of imide groups is 1. The second kappa shape index (κ2) is 11.0. The highest BCUT2D eigenvalue weighted by Crippen LogP contribution is 2.34. The molecule has 1 fully saturated rings. The molecule has 0 radical (unpaired) electrons. The lowest BCUT2D eigenvalue weighted by Gasteiger charge is -2.11. The summed E-state index contributed by atoms with van der Waals surface area (Å²) in [6.07, 6.45) is 9.02. The molecule has 6 heteroatoms. The predicted octanol–water partition coefficient (Wildman–Crippen LogP) is 5.49. The third-order valence-corrected chi connectivity index (χ3v) is 5.34. The van der Waals surface area contributed by atoms with Gasteiger partial charge in [0.1, 0.15) is 0 Å². The van der Waals surface area contributed by atoms with Gasteiger partial charge in [-0.3, -0.25) is 14.5 Å². The van der Waals surface area contributed by atoms with Crippen LogP contribution in [0.15, 0.2) is 23.1 Å². The molecule has 0 atom stereocenters. The van der Waals surface area contributed by atoms with E-state index < -0.39 is 0 Å². The molecule has 0 spiro atoms. The zero-order valence-electron chi connectivity index (χ0n) is 16.5. The quantitative estimate of drug-likeness (QED) is 0.369. The highest BCUT2D eigenvalue weighted by Gasteiger charge is 2.33. The molecule has 0 saturated carbocycles. The Morgan fingerprint density at radius 1 is 1.04 bits per heavy atom. The summed E-state index contributed by atoms with van der Waals surface area (Å²) in [6, 6.07) is 5.56. The lowest BCUT2D eigenvalue weighted by Crippen LogP contribution is -2.27. The van der Waals surface area contributed by atoms with Crippen molar-refractivity contribution in [3.8, 4) is 11.5 Å². The molecule has 0 aromatic heterocycles. The Kier molecular flexibility index (Phi) is 8.72. The molecule has 5 nitrogen and oxygen atoms in total. The van der Waals surface area contributed by atoms with E-state index in [2.05, 4.69) is 6.92 Å². The predicted molar refractivity (Wildman–Crippen MR) is 110 cm³/mol. The summed E-state index contributed by atoms with van der Waals surface area (Å²) in [7, 11) is 1.60. The summed E-state index contributed by atoms with van der Waals surface area (Å²) < 4.78 is 11.3. The standard InChI is InChI=1S/C21H29NO4S/c1-4-6-7-8-9-10-13-26-17-12-11-16(14-18(17)25-3)15-19-20(23)22(5-2)21(24)27-19/h11-12,14-15H,4-10,13H2,1-3H3. The number of ether oxygens (including phenoxy) is 2. The van der Waals surface area contributed by atoms with E-state index in [4.69, 9.17) is 9.47 Å². The Hall–Kier alpha value is -1.95. The van der Waals surface area contributed by atoms with Gasteiger partial charge in [-0.1, -0.05) is 45.1 Å². The Labute approximate surface area is 166 Å². The maximum Gasteiger partial charge on any atom is 0.293 e. The molecule has 0 bridgehead atoms. The number of unbranched alkanes of at least 4 members (excludes halogenated alkanes) is 5. The molecule has 0 unspecified atom stereocenters. The third kappa shape index (κ3) is 6.03. The molecule has 2 amide bonds. The number of amides is 2. The van der Waals surface area contributed by atoms with Gasteiger partial charge in [0.15, 0.2) is 11.5 Å². The van der Waals surface area contributed by atoms with E-state index in [1.54, 1.807) is 20.1 Å². The summed E-state index contributed by atoms with van der Waals surface area (Å²) in [5.74, 6) is 1.09. The molecule has 27 heavy (non-hydrogen) atoms. The van der Waals surface area contributed by atoms with Crippen molar-refractivity contribution >= 4 is 29.0 Å². The molecule has 1 aromatic rings. The minimum absolute atomic E-state index is 0.223. The van der Waals surface area contributed by atoms with Gasteiger partial charge in [-0.15, -0.1) is 0 Å². The molecule has 0 N–H and O–H groups in total. The zero-order valence-corrected chi connectivity index (χ0v) is 17.3. The van der Waals surface area contributed by atoms with Gasteiger partial charge in [-0.2, -0.15) is 0 Å². The first-order valence-electron chi connectivity index (χ1n) is 9.66. The average Bonchev–Trinajstić information content (AvgIpc) is 2.94. The number of carbonyl (C=O) groups is 2. The van der Waals surface area contributed by atoms with E-state index in [1.807, 2.05) is 18.2 Å². The van der Waals surface area contributed by atoms with E-state index in [9.17, 15) is 9.59 Å². The summed E-state index contributed by atoms with van der Waals surface area (Å²) in [5, 5.41) is -0.223. The van der Waals surface area contributed by atoms with Crippen molar-refractivity contribution in [3.63, 3.8) is 0 Å². The third-order valence-electron chi connectivity index (χ3n) is 4.43. The lowest BCUT2D eigenvalue weighted by molar-refractivity contribution is -0.122. The van der Waals surface area contributed by atoms with Crippen LogP contribution in [0.1, 0.15) is 57.9 Å². The largest absolute Gasteiger partial charge is 0.493 e. The molecule has 1 saturated heterocycles. The number of rotatable bonds is 11. The maximum absolute atomic E-state index is 12.2. The van der Waals surface area contributed by atoms with E-state index in [0.717, 1.165) is 23.7 Å². The van der Waals surface area contributed by atoms with Gasteiger partial charge in [0, 0.05) is 6.54 Å². The van der Waals surface area contributed by atoms with Crippen molar-refractivity contribution in [3.05, 3.63) is 28.7 Å². The van der Waals surface area contributed by atoms with Gasteiger partial charge in [0.25, 0.3) is 11.1 Å². The van der Waals surface area contributed by atoms with E-state index in [1.165, 1.54) is 37.0 Å². The maximum atomic E-state index is 12.2. The van der Waals surface area contributed by atoms with Crippen LogP contribution in [-0.4, -0.2) is 36.3 Å². The summed E-state index contributed by atoms with van der Waals surface area (Å²) in [5.41, 5.74) is 0.806. The Bertz CT molecular complexity index is 687. The van der Waals surface area contributed by atoms with Crippen LogP contribution in [0.25, 0.3) is 6.08 Å². The van der Waals surface area contributed by atoms with Gasteiger partial charge in [0.2, 0.25) is 0 Å². The van der Waals surface area contributed by atoms with Gasteiger partial charge < -0.3 is 9.47 Å². The van der Waals surface area contributed by atoms with Crippen molar-refractivity contribution < 1.29 is 19.1 Å². The minimum Gasteiger partial charge on any atom is -0.493 e. The summed E-state index contributed by atoms with van der Waals surface area (Å²) in [6.45, 7) is 5.06. The number of benzene rings is 1. The number of methoxy groups -OCH3 is 1. The zero-order chi connectivity index (χ0) is 19.6. The summed E-state index contributed by atoms with van der Waals surface area (Å²) in [4.78, 5) is 25.7. The minimum atomic E-state index is -0.241. The first-order chi connectivity index (χ1) is 13.1. The van der Waals surface area contributed by atoms with Crippen LogP contribution in [0.3, 0.4) is 0 Å². The second-order valence-corrected chi connectivity index (χ2v) is 7.45. The molecule has 2 rings (SSSR count). The van der Waals surface area contributed by atoms with Crippen LogP contribution in [0.2, 0.25) is 0 Å². The van der Waals surface area contributed by atoms with Crippen molar-refractivity contribution in [1.82, 2.24) is 4.90 Å². The number of nitrogens with zero attached hydrogens (tertiary/aromatic N) is 1. The monoisotopic (exact) mass is 391 g/mol. The van der Waals surface area contributed by atoms with Crippen molar-refractivity contribution in [2.24, 2.45) is 0 Å². The molecule has 0 aliphatic carbocycles. The van der Waals surface area contributed by atoms with Crippen molar-refractivity contribution in [2.75, 3.05) is 20.3 Å². The van der Waals surface area contributed by atoms with Gasteiger partial charge in [-0.25, -0.2) is 0 Å². The first-order valence-corrected chi connectivity index (χ1v) is 10.5. The number of hydrogen-bond donors (Lipinski definition) is 0.